The van der Waals surface area contributed by atoms with Crippen LogP contribution in [0.2, 0.25) is 0 Å². The first-order valence-corrected chi connectivity index (χ1v) is 6.23. The van der Waals surface area contributed by atoms with E-state index in [0.717, 1.165) is 25.7 Å². The summed E-state index contributed by atoms with van der Waals surface area (Å²) in [4.78, 5) is 9.08. The molecule has 0 aliphatic rings. The summed E-state index contributed by atoms with van der Waals surface area (Å²) < 4.78 is 20.5. The average molecular weight is 274 g/mol. The van der Waals surface area contributed by atoms with Gasteiger partial charge < -0.3 is 4.89 Å². The zero-order valence-electron chi connectivity index (χ0n) is 8.66. The van der Waals surface area contributed by atoms with E-state index >= 15 is 0 Å². The van der Waals surface area contributed by atoms with Crippen molar-refractivity contribution in [1.82, 2.24) is 0 Å². The van der Waals surface area contributed by atoms with Crippen LogP contribution in [0, 0.1) is 0 Å². The molecule has 0 unspecified atom stereocenters. The summed E-state index contributed by atoms with van der Waals surface area (Å²) in [6, 6.07) is 0. The summed E-state index contributed by atoms with van der Waals surface area (Å²) >= 11 is 0. The maximum absolute atomic E-state index is 11.1. The molecule has 0 fully saturated rings. The molecule has 0 aromatic rings. The van der Waals surface area contributed by atoms with E-state index in [2.05, 4.69) is 0 Å². The van der Waals surface area contributed by atoms with Gasteiger partial charge in [0.1, 0.15) is 0 Å². The fraction of sp³-hybridized carbons (Fsp3) is 1.00. The summed E-state index contributed by atoms with van der Waals surface area (Å²) in [5, 5.41) is 0. The first-order valence-electron chi connectivity index (χ1n) is 4.74. The third kappa shape index (κ3) is 10.7. The van der Waals surface area contributed by atoms with Gasteiger partial charge in [-0.1, -0.05) is 26.7 Å². The first-order chi connectivity index (χ1) is 6.12. The van der Waals surface area contributed by atoms with Gasteiger partial charge in [-0.15, -0.1) is 0 Å². The molecule has 0 saturated heterocycles. The monoisotopic (exact) mass is 273 g/mol. The van der Waals surface area contributed by atoms with Crippen molar-refractivity contribution in [3.05, 3.63) is 0 Å². The molecule has 6 heteroatoms. The summed E-state index contributed by atoms with van der Waals surface area (Å²) in [6.07, 6.45) is 3.44. The SMILES string of the molecule is CCCCOP(=O)(O)OCCCC.[Cu]. The Bertz CT molecular complexity index is 151. The van der Waals surface area contributed by atoms with E-state index in [-0.39, 0.29) is 30.3 Å². The second-order valence-electron chi connectivity index (χ2n) is 2.84. The van der Waals surface area contributed by atoms with Crippen molar-refractivity contribution in [2.24, 2.45) is 0 Å². The molecule has 0 spiro atoms. The van der Waals surface area contributed by atoms with Crippen LogP contribution < -0.4 is 0 Å². The summed E-state index contributed by atoms with van der Waals surface area (Å²) in [5.41, 5.74) is 0. The molecule has 0 rings (SSSR count). The summed E-state index contributed by atoms with van der Waals surface area (Å²) in [6.45, 7) is 4.56. The van der Waals surface area contributed by atoms with E-state index in [0.29, 0.717) is 0 Å². The Morgan fingerprint density at radius 2 is 1.43 bits per heavy atom. The smallest absolute Gasteiger partial charge is 0.302 e. The molecule has 0 bridgehead atoms. The first kappa shape index (κ1) is 17.0. The Balaban J connectivity index is 0. The van der Waals surface area contributed by atoms with Crippen molar-refractivity contribution in [2.75, 3.05) is 13.2 Å². The predicted octanol–water partition coefficient (Wildman–Crippen LogP) is 2.72. The van der Waals surface area contributed by atoms with Crippen LogP contribution in [0.3, 0.4) is 0 Å². The third-order valence-corrected chi connectivity index (χ3v) is 2.52. The molecule has 0 saturated carbocycles. The quantitative estimate of drug-likeness (QED) is 0.420. The fourth-order valence-electron chi connectivity index (χ4n) is 0.686. The Labute approximate surface area is 96.5 Å². The standard InChI is InChI=1S/C8H19O4P.Cu/c1-3-5-7-11-13(9,10)12-8-6-4-2;/h3-8H2,1-2H3,(H,9,10);. The van der Waals surface area contributed by atoms with Crippen LogP contribution in [0.25, 0.3) is 0 Å². The van der Waals surface area contributed by atoms with Gasteiger partial charge in [0.25, 0.3) is 0 Å². The van der Waals surface area contributed by atoms with Gasteiger partial charge in [0.15, 0.2) is 0 Å². The zero-order chi connectivity index (χ0) is 10.2. The van der Waals surface area contributed by atoms with Crippen LogP contribution in [0.5, 0.6) is 0 Å². The van der Waals surface area contributed by atoms with Gasteiger partial charge in [0.2, 0.25) is 0 Å². The van der Waals surface area contributed by atoms with Crippen LogP contribution >= 0.6 is 7.82 Å². The van der Waals surface area contributed by atoms with Crippen LogP contribution in [-0.2, 0) is 30.7 Å². The van der Waals surface area contributed by atoms with Crippen molar-refractivity contribution in [3.63, 3.8) is 0 Å². The number of phosphoric acid groups is 1. The van der Waals surface area contributed by atoms with Crippen LogP contribution in [-0.4, -0.2) is 18.1 Å². The molecule has 0 aliphatic carbocycles. The van der Waals surface area contributed by atoms with Crippen molar-refractivity contribution in [1.29, 1.82) is 0 Å². The molecule has 0 amide bonds. The number of unbranched alkanes of at least 4 members (excludes halogenated alkanes) is 2. The van der Waals surface area contributed by atoms with Crippen LogP contribution in [0.15, 0.2) is 0 Å². The van der Waals surface area contributed by atoms with E-state index in [4.69, 9.17) is 13.9 Å². The molecule has 0 aromatic heterocycles. The maximum Gasteiger partial charge on any atom is 0.472 e. The predicted molar refractivity (Wildman–Crippen MR) is 51.5 cm³/mol. The Morgan fingerprint density at radius 3 is 1.71 bits per heavy atom. The molecule has 91 valence electrons. The van der Waals surface area contributed by atoms with Gasteiger partial charge in [0, 0.05) is 17.1 Å². The van der Waals surface area contributed by atoms with Crippen molar-refractivity contribution in [3.8, 4) is 0 Å². The minimum atomic E-state index is -3.75. The number of hydrogen-bond donors (Lipinski definition) is 1. The molecular weight excluding hydrogens is 255 g/mol. The van der Waals surface area contributed by atoms with E-state index in [1.165, 1.54) is 0 Å². The topological polar surface area (TPSA) is 55.8 Å². The van der Waals surface area contributed by atoms with Gasteiger partial charge in [-0.2, -0.15) is 0 Å². The minimum absolute atomic E-state index is 0. The maximum atomic E-state index is 11.1. The van der Waals surface area contributed by atoms with Crippen molar-refractivity contribution < 1.29 is 35.6 Å². The van der Waals surface area contributed by atoms with E-state index in [1.54, 1.807) is 0 Å². The minimum Gasteiger partial charge on any atom is -0.302 e. The molecule has 0 aliphatic heterocycles. The zero-order valence-corrected chi connectivity index (χ0v) is 10.5. The second kappa shape index (κ2) is 10.2. The average Bonchev–Trinajstić information content (AvgIpc) is 2.05. The number of phosphoric ester groups is 1. The van der Waals surface area contributed by atoms with Gasteiger partial charge in [0.05, 0.1) is 13.2 Å². The van der Waals surface area contributed by atoms with Gasteiger partial charge in [-0.3, -0.25) is 9.05 Å². The molecule has 1 N–H and O–H groups in total. The molecule has 0 aromatic carbocycles. The Morgan fingerprint density at radius 1 is 1.07 bits per heavy atom. The summed E-state index contributed by atoms with van der Waals surface area (Å²) in [7, 11) is -3.75. The van der Waals surface area contributed by atoms with Crippen LogP contribution in [0.4, 0.5) is 0 Å². The van der Waals surface area contributed by atoms with Gasteiger partial charge >= 0.3 is 7.82 Å². The molecule has 4 nitrogen and oxygen atoms in total. The van der Waals surface area contributed by atoms with Crippen LogP contribution in [0.1, 0.15) is 39.5 Å². The molecule has 0 heterocycles. The number of hydrogen-bond acceptors (Lipinski definition) is 3. The largest absolute Gasteiger partial charge is 0.472 e. The molecule has 14 heavy (non-hydrogen) atoms. The van der Waals surface area contributed by atoms with Gasteiger partial charge in [-0.05, 0) is 12.8 Å². The van der Waals surface area contributed by atoms with E-state index < -0.39 is 7.82 Å². The van der Waals surface area contributed by atoms with E-state index in [1.807, 2.05) is 13.8 Å². The van der Waals surface area contributed by atoms with E-state index in [9.17, 15) is 4.57 Å². The second-order valence-corrected chi connectivity index (χ2v) is 4.30. The molecule has 1 radical (unpaired) electrons. The fourth-order valence-corrected chi connectivity index (χ4v) is 1.48. The van der Waals surface area contributed by atoms with Crippen molar-refractivity contribution in [2.45, 2.75) is 39.5 Å². The molecule has 0 atom stereocenters. The normalized spacial score (nSPS) is 11.1. The van der Waals surface area contributed by atoms with Gasteiger partial charge in [-0.25, -0.2) is 4.57 Å². The van der Waals surface area contributed by atoms with Crippen molar-refractivity contribution >= 4 is 7.82 Å². The summed E-state index contributed by atoms with van der Waals surface area (Å²) in [5.74, 6) is 0. The Hall–Kier alpha value is 0.629. The third-order valence-electron chi connectivity index (χ3n) is 1.50. The number of rotatable bonds is 8. The molecular formula is C8H19CuO4P. The Kier molecular flexibility index (Phi) is 12.4.